The predicted molar refractivity (Wildman–Crippen MR) is 114 cm³/mol. The number of nitrogens with zero attached hydrogens (tertiary/aromatic N) is 4. The number of likely N-dealkylation sites (tertiary alicyclic amines) is 1. The van der Waals surface area contributed by atoms with Crippen LogP contribution >= 0.6 is 0 Å². The van der Waals surface area contributed by atoms with E-state index in [1.165, 1.54) is 12.8 Å². The predicted octanol–water partition coefficient (Wildman–Crippen LogP) is 2.52. The minimum Gasteiger partial charge on any atom is -0.355 e. The number of nitrogens with one attached hydrogen (secondary N) is 1. The molecule has 1 unspecified atom stereocenters. The molecule has 1 saturated heterocycles. The quantitative estimate of drug-likeness (QED) is 0.823. The maximum atomic E-state index is 12.8. The fourth-order valence-electron chi connectivity index (χ4n) is 4.43. The van der Waals surface area contributed by atoms with Crippen molar-refractivity contribution >= 4 is 11.8 Å². The van der Waals surface area contributed by atoms with Crippen LogP contribution in [0.25, 0.3) is 0 Å². The number of benzene rings is 1. The molecule has 0 aliphatic carbocycles. The molecule has 4 rings (SSSR count). The van der Waals surface area contributed by atoms with Crippen LogP contribution in [0.4, 0.5) is 0 Å². The minimum atomic E-state index is -0.149. The molecule has 1 fully saturated rings. The molecule has 2 aromatic rings. The van der Waals surface area contributed by atoms with Gasteiger partial charge in [-0.1, -0.05) is 24.1 Å². The lowest BCUT2D eigenvalue weighted by Crippen LogP contribution is -2.45. The van der Waals surface area contributed by atoms with Gasteiger partial charge in [0.05, 0.1) is 5.92 Å². The summed E-state index contributed by atoms with van der Waals surface area (Å²) in [5.74, 6) is 1.94. The van der Waals surface area contributed by atoms with Crippen molar-refractivity contribution in [3.05, 3.63) is 47.0 Å². The molecule has 0 spiro atoms. The molecule has 2 aliphatic rings. The summed E-state index contributed by atoms with van der Waals surface area (Å²) in [6.07, 6.45) is 6.94. The van der Waals surface area contributed by atoms with Crippen molar-refractivity contribution in [2.45, 2.75) is 58.4 Å². The van der Waals surface area contributed by atoms with Crippen molar-refractivity contribution in [2.75, 3.05) is 19.6 Å². The Hall–Kier alpha value is -2.70. The van der Waals surface area contributed by atoms with E-state index in [-0.39, 0.29) is 17.7 Å². The summed E-state index contributed by atoms with van der Waals surface area (Å²) in [6.45, 7) is 4.73. The zero-order chi connectivity index (χ0) is 20.9. The summed E-state index contributed by atoms with van der Waals surface area (Å²) in [7, 11) is 0. The van der Waals surface area contributed by atoms with Crippen LogP contribution in [-0.2, 0) is 24.2 Å². The molecule has 1 aromatic carbocycles. The lowest BCUT2D eigenvalue weighted by molar-refractivity contribution is -0.126. The molecule has 1 aromatic heterocycles. The van der Waals surface area contributed by atoms with E-state index < -0.39 is 0 Å². The maximum absolute atomic E-state index is 12.8. The van der Waals surface area contributed by atoms with Crippen LogP contribution in [0.2, 0.25) is 0 Å². The Morgan fingerprint density at radius 1 is 1.07 bits per heavy atom. The molecule has 7 nitrogen and oxygen atoms in total. The van der Waals surface area contributed by atoms with E-state index in [0.29, 0.717) is 31.6 Å². The third-order valence-corrected chi connectivity index (χ3v) is 6.21. The third-order valence-electron chi connectivity index (χ3n) is 6.21. The average Bonchev–Trinajstić information content (AvgIpc) is 2.99. The van der Waals surface area contributed by atoms with E-state index in [4.69, 9.17) is 0 Å². The van der Waals surface area contributed by atoms with E-state index >= 15 is 0 Å². The summed E-state index contributed by atoms with van der Waals surface area (Å²) < 4.78 is 2.22. The lowest BCUT2D eigenvalue weighted by atomic mass is 9.96. The smallest absolute Gasteiger partial charge is 0.253 e. The van der Waals surface area contributed by atoms with Gasteiger partial charge in [-0.25, -0.2) is 0 Å². The molecule has 0 saturated carbocycles. The second kappa shape index (κ2) is 9.41. The molecule has 3 heterocycles. The largest absolute Gasteiger partial charge is 0.355 e. The first-order valence-corrected chi connectivity index (χ1v) is 11.2. The molecular formula is C23H31N5O2. The van der Waals surface area contributed by atoms with Crippen LogP contribution in [0, 0.1) is 12.8 Å². The van der Waals surface area contributed by atoms with Gasteiger partial charge in [0.2, 0.25) is 5.91 Å². The standard InChI is InChI=1S/C23H31N5O2/c1-17-8-10-18(11-9-17)23(30)27-14-5-6-19(16-27)22(29)24-13-12-21-26-25-20-7-3-2-4-15-28(20)21/h8-11,19H,2-7,12-16H2,1H3,(H,24,29). The Labute approximate surface area is 177 Å². The van der Waals surface area contributed by atoms with Gasteiger partial charge < -0.3 is 14.8 Å². The molecule has 1 N–H and O–H groups in total. The highest BCUT2D eigenvalue weighted by Crippen LogP contribution is 2.19. The number of aromatic nitrogens is 3. The van der Waals surface area contributed by atoms with Gasteiger partial charge in [0, 0.05) is 44.6 Å². The second-order valence-electron chi connectivity index (χ2n) is 8.49. The number of fused-ring (bicyclic) bond motifs is 1. The normalized spacial score (nSPS) is 19.1. The number of hydrogen-bond donors (Lipinski definition) is 1. The van der Waals surface area contributed by atoms with E-state index in [9.17, 15) is 9.59 Å². The Bertz CT molecular complexity index is 889. The maximum Gasteiger partial charge on any atom is 0.253 e. The van der Waals surface area contributed by atoms with Gasteiger partial charge in [-0.05, 0) is 44.7 Å². The first kappa shape index (κ1) is 20.6. The summed E-state index contributed by atoms with van der Waals surface area (Å²) in [5, 5.41) is 11.7. The summed E-state index contributed by atoms with van der Waals surface area (Å²) in [4.78, 5) is 27.3. The minimum absolute atomic E-state index is 0.0126. The number of rotatable bonds is 5. The zero-order valence-corrected chi connectivity index (χ0v) is 17.8. The summed E-state index contributed by atoms with van der Waals surface area (Å²) >= 11 is 0. The number of aryl methyl sites for hydroxylation is 2. The molecule has 0 bridgehead atoms. The van der Waals surface area contributed by atoms with Gasteiger partial charge in [-0.2, -0.15) is 0 Å². The monoisotopic (exact) mass is 409 g/mol. The Morgan fingerprint density at radius 2 is 1.90 bits per heavy atom. The van der Waals surface area contributed by atoms with E-state index in [0.717, 1.165) is 49.4 Å². The van der Waals surface area contributed by atoms with Gasteiger partial charge in [0.25, 0.3) is 5.91 Å². The van der Waals surface area contributed by atoms with Crippen LogP contribution in [0.5, 0.6) is 0 Å². The van der Waals surface area contributed by atoms with Gasteiger partial charge in [-0.15, -0.1) is 10.2 Å². The highest BCUT2D eigenvalue weighted by Gasteiger charge is 2.28. The molecule has 1 atom stereocenters. The van der Waals surface area contributed by atoms with Crippen LogP contribution in [-0.4, -0.2) is 51.1 Å². The molecule has 2 aliphatic heterocycles. The van der Waals surface area contributed by atoms with Crippen molar-refractivity contribution in [3.8, 4) is 0 Å². The van der Waals surface area contributed by atoms with Gasteiger partial charge in [0.1, 0.15) is 11.6 Å². The van der Waals surface area contributed by atoms with Crippen LogP contribution in [0.1, 0.15) is 59.7 Å². The number of hydrogen-bond acceptors (Lipinski definition) is 4. The fourth-order valence-corrected chi connectivity index (χ4v) is 4.43. The first-order valence-electron chi connectivity index (χ1n) is 11.2. The van der Waals surface area contributed by atoms with Crippen molar-refractivity contribution in [2.24, 2.45) is 5.92 Å². The molecule has 0 radical (unpaired) electrons. The van der Waals surface area contributed by atoms with Crippen molar-refractivity contribution in [1.82, 2.24) is 25.0 Å². The van der Waals surface area contributed by atoms with Crippen molar-refractivity contribution < 1.29 is 9.59 Å². The highest BCUT2D eigenvalue weighted by molar-refractivity contribution is 5.94. The van der Waals surface area contributed by atoms with Crippen LogP contribution < -0.4 is 5.32 Å². The van der Waals surface area contributed by atoms with Gasteiger partial charge in [0.15, 0.2) is 0 Å². The second-order valence-corrected chi connectivity index (χ2v) is 8.49. The van der Waals surface area contributed by atoms with Crippen molar-refractivity contribution in [1.29, 1.82) is 0 Å². The number of amides is 2. The molecule has 160 valence electrons. The van der Waals surface area contributed by atoms with Crippen LogP contribution in [0.3, 0.4) is 0 Å². The molecule has 30 heavy (non-hydrogen) atoms. The molecular weight excluding hydrogens is 378 g/mol. The summed E-state index contributed by atoms with van der Waals surface area (Å²) in [5.41, 5.74) is 1.82. The Morgan fingerprint density at radius 3 is 2.73 bits per heavy atom. The van der Waals surface area contributed by atoms with E-state index in [1.807, 2.05) is 36.1 Å². The first-order chi connectivity index (χ1) is 14.6. The van der Waals surface area contributed by atoms with Gasteiger partial charge in [-0.3, -0.25) is 9.59 Å². The summed E-state index contributed by atoms with van der Waals surface area (Å²) in [6, 6.07) is 7.63. The molecule has 2 amide bonds. The topological polar surface area (TPSA) is 80.1 Å². The Kier molecular flexibility index (Phi) is 6.45. The fraction of sp³-hybridized carbons (Fsp3) is 0.565. The van der Waals surface area contributed by atoms with Crippen LogP contribution in [0.15, 0.2) is 24.3 Å². The lowest BCUT2D eigenvalue weighted by Gasteiger charge is -2.32. The highest BCUT2D eigenvalue weighted by atomic mass is 16.2. The number of carbonyl (C=O) groups is 2. The van der Waals surface area contributed by atoms with Crippen molar-refractivity contribution in [3.63, 3.8) is 0 Å². The molecule has 7 heteroatoms. The van der Waals surface area contributed by atoms with E-state index in [1.54, 1.807) is 0 Å². The third kappa shape index (κ3) is 4.71. The van der Waals surface area contributed by atoms with E-state index in [2.05, 4.69) is 20.1 Å². The zero-order valence-electron chi connectivity index (χ0n) is 17.8. The SMILES string of the molecule is Cc1ccc(C(=O)N2CCCC(C(=O)NCCc3nnc4n3CCCCC4)C2)cc1. The number of carbonyl (C=O) groups excluding carboxylic acids is 2. The Balaban J connectivity index is 1.29. The van der Waals surface area contributed by atoms with Gasteiger partial charge >= 0.3 is 0 Å². The number of piperidine rings is 1. The average molecular weight is 410 g/mol.